The van der Waals surface area contributed by atoms with Crippen molar-refractivity contribution in [1.29, 1.82) is 0 Å². The molecule has 22 heavy (non-hydrogen) atoms. The molecule has 0 radical (unpaired) electrons. The van der Waals surface area contributed by atoms with Gasteiger partial charge in [-0.25, -0.2) is 0 Å². The molecule has 132 valence electrons. The molecule has 0 aliphatic carbocycles. The van der Waals surface area contributed by atoms with E-state index in [1.807, 2.05) is 6.92 Å². The highest BCUT2D eigenvalue weighted by atomic mass is 16.5. The number of carbonyl (C=O) groups excluding carboxylic acids is 1. The number of esters is 1. The third-order valence-electron chi connectivity index (χ3n) is 4.55. The first-order chi connectivity index (χ1) is 10.3. The zero-order chi connectivity index (χ0) is 17.0. The van der Waals surface area contributed by atoms with Gasteiger partial charge in [-0.05, 0) is 37.5 Å². The fourth-order valence-corrected chi connectivity index (χ4v) is 3.07. The van der Waals surface area contributed by atoms with Crippen LogP contribution in [0, 0.1) is 17.8 Å². The number of rotatable bonds is 13. The van der Waals surface area contributed by atoms with E-state index in [0.717, 1.165) is 24.2 Å². The summed E-state index contributed by atoms with van der Waals surface area (Å²) in [5.74, 6) is 2.37. The molecular weight excluding hydrogens is 272 g/mol. The van der Waals surface area contributed by atoms with E-state index in [-0.39, 0.29) is 12.1 Å². The first kappa shape index (κ1) is 21.5. The van der Waals surface area contributed by atoms with Gasteiger partial charge in [0.05, 0.1) is 6.10 Å². The summed E-state index contributed by atoms with van der Waals surface area (Å²) in [6.45, 7) is 12.9. The lowest BCUT2D eigenvalue weighted by Crippen LogP contribution is -2.12. The topological polar surface area (TPSA) is 26.3 Å². The summed E-state index contributed by atoms with van der Waals surface area (Å²) in [5, 5.41) is 0. The highest BCUT2D eigenvalue weighted by Crippen LogP contribution is 2.21. The van der Waals surface area contributed by atoms with Gasteiger partial charge in [0.15, 0.2) is 0 Å². The second-order valence-corrected chi connectivity index (χ2v) is 7.82. The SMILES string of the molecule is CC(=O)OC(C)CCCC(C)CCCC(C)CCCC(C)C. The van der Waals surface area contributed by atoms with Crippen LogP contribution in [0.1, 0.15) is 99.3 Å². The van der Waals surface area contributed by atoms with Crippen molar-refractivity contribution >= 4 is 5.97 Å². The lowest BCUT2D eigenvalue weighted by atomic mass is 9.92. The molecule has 0 fully saturated rings. The lowest BCUT2D eigenvalue weighted by molar-refractivity contribution is -0.145. The monoisotopic (exact) mass is 312 g/mol. The largest absolute Gasteiger partial charge is 0.463 e. The molecule has 0 bridgehead atoms. The Balaban J connectivity index is 3.52. The van der Waals surface area contributed by atoms with E-state index in [0.29, 0.717) is 0 Å². The van der Waals surface area contributed by atoms with Gasteiger partial charge >= 0.3 is 5.97 Å². The third-order valence-corrected chi connectivity index (χ3v) is 4.55. The second kappa shape index (κ2) is 13.0. The van der Waals surface area contributed by atoms with Crippen LogP contribution in [0.2, 0.25) is 0 Å². The standard InChI is InChI=1S/C20H40O2/c1-16(2)10-7-11-17(3)12-8-13-18(4)14-9-15-19(5)22-20(6)21/h16-19H,7-15H2,1-6H3. The highest BCUT2D eigenvalue weighted by Gasteiger charge is 2.09. The molecular formula is C20H40O2. The molecule has 0 rings (SSSR count). The molecule has 2 heteroatoms. The van der Waals surface area contributed by atoms with E-state index in [1.165, 1.54) is 58.3 Å². The van der Waals surface area contributed by atoms with Crippen molar-refractivity contribution in [3.05, 3.63) is 0 Å². The van der Waals surface area contributed by atoms with Gasteiger partial charge in [-0.15, -0.1) is 0 Å². The maximum absolute atomic E-state index is 10.8. The van der Waals surface area contributed by atoms with E-state index in [2.05, 4.69) is 27.7 Å². The Kier molecular flexibility index (Phi) is 12.6. The van der Waals surface area contributed by atoms with Gasteiger partial charge < -0.3 is 4.74 Å². The number of hydrogen-bond acceptors (Lipinski definition) is 2. The van der Waals surface area contributed by atoms with Gasteiger partial charge in [-0.1, -0.05) is 72.6 Å². The average molecular weight is 313 g/mol. The molecule has 0 spiro atoms. The van der Waals surface area contributed by atoms with Gasteiger partial charge in [0, 0.05) is 6.92 Å². The molecule has 0 aromatic carbocycles. The van der Waals surface area contributed by atoms with E-state index in [4.69, 9.17) is 4.74 Å². The minimum absolute atomic E-state index is 0.0747. The quantitative estimate of drug-likeness (QED) is 0.369. The molecule has 3 atom stereocenters. The van der Waals surface area contributed by atoms with Crippen LogP contribution in [0.25, 0.3) is 0 Å². The molecule has 0 amide bonds. The molecule has 0 heterocycles. The molecule has 0 aromatic rings. The predicted octanol–water partition coefficient (Wildman–Crippen LogP) is 6.38. The summed E-state index contributed by atoms with van der Waals surface area (Å²) in [7, 11) is 0. The number of carbonyl (C=O) groups is 1. The van der Waals surface area contributed by atoms with Gasteiger partial charge in [-0.3, -0.25) is 4.79 Å². The van der Waals surface area contributed by atoms with E-state index < -0.39 is 0 Å². The third kappa shape index (κ3) is 14.4. The number of hydrogen-bond donors (Lipinski definition) is 0. The van der Waals surface area contributed by atoms with Crippen molar-refractivity contribution in [3.8, 4) is 0 Å². The van der Waals surface area contributed by atoms with Crippen molar-refractivity contribution < 1.29 is 9.53 Å². The first-order valence-electron chi connectivity index (χ1n) is 9.48. The van der Waals surface area contributed by atoms with Crippen LogP contribution in [0.5, 0.6) is 0 Å². The van der Waals surface area contributed by atoms with Crippen molar-refractivity contribution in [2.24, 2.45) is 17.8 Å². The van der Waals surface area contributed by atoms with Crippen molar-refractivity contribution in [2.45, 2.75) is 105 Å². The van der Waals surface area contributed by atoms with Crippen LogP contribution in [-0.2, 0) is 9.53 Å². The molecule has 3 unspecified atom stereocenters. The van der Waals surface area contributed by atoms with Crippen LogP contribution >= 0.6 is 0 Å². The van der Waals surface area contributed by atoms with E-state index >= 15 is 0 Å². The summed E-state index contributed by atoms with van der Waals surface area (Å²) in [6, 6.07) is 0. The van der Waals surface area contributed by atoms with E-state index in [1.54, 1.807) is 0 Å². The Bertz CT molecular complexity index is 273. The summed E-state index contributed by atoms with van der Waals surface area (Å²) in [4.78, 5) is 10.8. The van der Waals surface area contributed by atoms with E-state index in [9.17, 15) is 4.79 Å². The van der Waals surface area contributed by atoms with Crippen LogP contribution in [0.4, 0.5) is 0 Å². The second-order valence-electron chi connectivity index (χ2n) is 7.82. The fourth-order valence-electron chi connectivity index (χ4n) is 3.07. The van der Waals surface area contributed by atoms with Crippen LogP contribution in [0.3, 0.4) is 0 Å². The highest BCUT2D eigenvalue weighted by molar-refractivity contribution is 5.66. The zero-order valence-electron chi connectivity index (χ0n) is 16.0. The van der Waals surface area contributed by atoms with Crippen molar-refractivity contribution in [1.82, 2.24) is 0 Å². The van der Waals surface area contributed by atoms with Gasteiger partial charge in [-0.2, -0.15) is 0 Å². The normalized spacial score (nSPS) is 15.6. The van der Waals surface area contributed by atoms with Gasteiger partial charge in [0.2, 0.25) is 0 Å². The summed E-state index contributed by atoms with van der Waals surface area (Å²) < 4.78 is 5.16. The molecule has 0 saturated carbocycles. The Morgan fingerprint density at radius 2 is 1.14 bits per heavy atom. The zero-order valence-corrected chi connectivity index (χ0v) is 16.0. The van der Waals surface area contributed by atoms with Crippen molar-refractivity contribution in [2.75, 3.05) is 0 Å². The summed E-state index contributed by atoms with van der Waals surface area (Å²) >= 11 is 0. The molecule has 2 nitrogen and oxygen atoms in total. The minimum Gasteiger partial charge on any atom is -0.463 e. The predicted molar refractivity (Wildman–Crippen MR) is 95.9 cm³/mol. The lowest BCUT2D eigenvalue weighted by Gasteiger charge is -2.16. The average Bonchev–Trinajstić information content (AvgIpc) is 2.37. The van der Waals surface area contributed by atoms with Crippen LogP contribution in [0.15, 0.2) is 0 Å². The molecule has 0 aliphatic rings. The molecule has 0 N–H and O–H groups in total. The van der Waals surface area contributed by atoms with Crippen molar-refractivity contribution in [3.63, 3.8) is 0 Å². The molecule has 0 aliphatic heterocycles. The molecule has 0 aromatic heterocycles. The Hall–Kier alpha value is -0.530. The van der Waals surface area contributed by atoms with Gasteiger partial charge in [0.1, 0.15) is 0 Å². The molecule has 0 saturated heterocycles. The van der Waals surface area contributed by atoms with Gasteiger partial charge in [0.25, 0.3) is 0 Å². The van der Waals surface area contributed by atoms with Crippen LogP contribution < -0.4 is 0 Å². The Labute approximate surface area is 139 Å². The summed E-state index contributed by atoms with van der Waals surface area (Å²) in [5.41, 5.74) is 0. The Morgan fingerprint density at radius 3 is 1.55 bits per heavy atom. The maximum atomic E-state index is 10.8. The smallest absolute Gasteiger partial charge is 0.302 e. The fraction of sp³-hybridized carbons (Fsp3) is 0.950. The Morgan fingerprint density at radius 1 is 0.727 bits per heavy atom. The maximum Gasteiger partial charge on any atom is 0.302 e. The first-order valence-corrected chi connectivity index (χ1v) is 9.48. The number of ether oxygens (including phenoxy) is 1. The summed E-state index contributed by atoms with van der Waals surface area (Å²) in [6.07, 6.45) is 11.7. The minimum atomic E-state index is -0.160. The van der Waals surface area contributed by atoms with Crippen LogP contribution in [-0.4, -0.2) is 12.1 Å².